The Hall–Kier alpha value is -6.87. The minimum atomic E-state index is -1.39. The number of fused-ring (bicyclic) bond motifs is 5. The number of benzene rings is 3. The Balaban J connectivity index is 1.56. The van der Waals surface area contributed by atoms with Gasteiger partial charge in [0.1, 0.15) is 55.4 Å². The normalized spacial score (nSPS) is 16.5. The first-order valence-corrected chi connectivity index (χ1v) is 22.3. The van der Waals surface area contributed by atoms with E-state index in [0.29, 0.717) is 57.5 Å². The molecule has 10 N–H and O–H groups in total. The van der Waals surface area contributed by atoms with Gasteiger partial charge in [-0.3, -0.25) is 29.0 Å². The predicted molar refractivity (Wildman–Crippen MR) is 251 cm³/mol. The second-order valence-electron chi connectivity index (χ2n) is 16.5. The topological polar surface area (TPSA) is 270 Å². The number of carbonyl (C=O) groups excluding carboxylic acids is 5. The molecule has 5 rings (SSSR count). The van der Waals surface area contributed by atoms with Crippen LogP contribution in [-0.2, 0) is 38.4 Å². The molecule has 4 aromatic rings. The highest BCUT2D eigenvalue weighted by Crippen LogP contribution is 2.40. The zero-order valence-electron chi connectivity index (χ0n) is 38.3. The third-order valence-corrected chi connectivity index (χ3v) is 11.1. The first-order chi connectivity index (χ1) is 31.7. The number of nitriles is 1. The third kappa shape index (κ3) is 12.7. The van der Waals surface area contributed by atoms with Gasteiger partial charge in [-0.25, -0.2) is 0 Å². The van der Waals surface area contributed by atoms with Crippen molar-refractivity contribution in [3.05, 3.63) is 101 Å². The molecule has 350 valence electrons. The molecule has 3 aromatic carbocycles. The van der Waals surface area contributed by atoms with Gasteiger partial charge in [0.2, 0.25) is 23.6 Å². The lowest BCUT2D eigenvalue weighted by Crippen LogP contribution is -2.56. The van der Waals surface area contributed by atoms with Crippen LogP contribution < -0.4 is 47.9 Å². The molecular weight excluding hydrogens is 841 g/mol. The van der Waals surface area contributed by atoms with Crippen LogP contribution in [0.3, 0.4) is 0 Å². The molecule has 0 saturated carbocycles. The highest BCUT2D eigenvalue weighted by atomic mass is 16.5. The second kappa shape index (κ2) is 23.9. The quantitative estimate of drug-likeness (QED) is 0.0711. The number of rotatable bonds is 18. The molecule has 0 saturated heterocycles. The van der Waals surface area contributed by atoms with E-state index in [1.165, 1.54) is 24.4 Å². The highest BCUT2D eigenvalue weighted by Gasteiger charge is 2.36. The zero-order chi connectivity index (χ0) is 47.9. The van der Waals surface area contributed by atoms with Crippen LogP contribution in [0.25, 0.3) is 22.4 Å². The van der Waals surface area contributed by atoms with Crippen LogP contribution >= 0.6 is 0 Å². The van der Waals surface area contributed by atoms with Crippen LogP contribution in [0.1, 0.15) is 72.9 Å². The first kappa shape index (κ1) is 50.1. The van der Waals surface area contributed by atoms with Crippen molar-refractivity contribution in [3.63, 3.8) is 0 Å². The van der Waals surface area contributed by atoms with Crippen molar-refractivity contribution in [1.29, 1.82) is 5.26 Å². The standard InChI is InChI=1S/C49H62N10O7/c1-6-38-35(13-14-39(56-38)33-10-7-31(8-11-33)25-29(2)3)46(61)57-40(17-18-50)49(64)59(5)44-34-12-16-43(66-24-21-53)37(28-34)36-26-32(9-15-42(36)65-23-20-52)27-41(47(62)54-22-19-51)58-45(60)30(4)55-48(44)63/h7-16,26,28-30,40-41,44H,6,17-18,20-25,27,50,52-53H2,1-5H3,(H,54,62)(H,55,63)(H,57,61)(H,58,60)/t30-,40-,41-,44-/m0/s1. The van der Waals surface area contributed by atoms with Crippen LogP contribution in [0, 0.1) is 17.2 Å². The van der Waals surface area contributed by atoms with Crippen molar-refractivity contribution in [1.82, 2.24) is 31.2 Å². The van der Waals surface area contributed by atoms with E-state index in [1.807, 2.05) is 25.1 Å². The molecule has 0 radical (unpaired) electrons. The summed E-state index contributed by atoms with van der Waals surface area (Å²) in [6.07, 6.45) is 1.43. The van der Waals surface area contributed by atoms with Gasteiger partial charge in [0.15, 0.2) is 0 Å². The molecule has 2 heterocycles. The summed E-state index contributed by atoms with van der Waals surface area (Å²) < 4.78 is 12.2. The fourth-order valence-corrected chi connectivity index (χ4v) is 7.79. The van der Waals surface area contributed by atoms with Crippen molar-refractivity contribution in [3.8, 4) is 40.0 Å². The minimum Gasteiger partial charge on any atom is -0.492 e. The largest absolute Gasteiger partial charge is 0.492 e. The summed E-state index contributed by atoms with van der Waals surface area (Å²) in [5.41, 5.74) is 23.3. The van der Waals surface area contributed by atoms with Crippen LogP contribution in [0.4, 0.5) is 0 Å². The summed E-state index contributed by atoms with van der Waals surface area (Å²) in [7, 11) is 1.43. The van der Waals surface area contributed by atoms with Gasteiger partial charge >= 0.3 is 0 Å². The molecule has 1 aliphatic heterocycles. The number of hydrogen-bond acceptors (Lipinski definition) is 12. The number of pyridine rings is 1. The Labute approximate surface area is 386 Å². The number of nitrogens with one attached hydrogen (secondary N) is 4. The monoisotopic (exact) mass is 902 g/mol. The van der Waals surface area contributed by atoms with Crippen LogP contribution in [0.5, 0.6) is 11.5 Å². The van der Waals surface area contributed by atoms with Crippen molar-refractivity contribution in [2.24, 2.45) is 23.1 Å². The number of aromatic nitrogens is 1. The first-order valence-electron chi connectivity index (χ1n) is 22.3. The van der Waals surface area contributed by atoms with Crippen molar-refractivity contribution in [2.75, 3.05) is 46.4 Å². The number of ether oxygens (including phenoxy) is 2. The Kier molecular flexibility index (Phi) is 18.1. The zero-order valence-corrected chi connectivity index (χ0v) is 38.3. The maximum atomic E-state index is 14.7. The van der Waals surface area contributed by atoms with E-state index in [9.17, 15) is 29.2 Å². The Bertz CT molecular complexity index is 2400. The lowest BCUT2D eigenvalue weighted by Gasteiger charge is -2.32. The average molecular weight is 903 g/mol. The van der Waals surface area contributed by atoms with E-state index < -0.39 is 53.7 Å². The number of nitrogens with zero attached hydrogens (tertiary/aromatic N) is 3. The molecule has 0 fully saturated rings. The Morgan fingerprint density at radius 1 is 0.894 bits per heavy atom. The number of hydrogen-bond donors (Lipinski definition) is 7. The van der Waals surface area contributed by atoms with Gasteiger partial charge in [0.05, 0.1) is 23.0 Å². The van der Waals surface area contributed by atoms with Gasteiger partial charge < -0.3 is 52.8 Å². The molecule has 4 atom stereocenters. The fraction of sp³-hybridized carbons (Fsp3) is 0.408. The van der Waals surface area contributed by atoms with Gasteiger partial charge in [-0.05, 0) is 91.7 Å². The SMILES string of the molecule is CCc1nc(-c2ccc(CC(C)C)cc2)ccc1C(=O)N[C@@H](CCN)C(=O)N(C)[C@@H]1C(=O)N[C@@H](C)C(=O)N[C@H](C(=O)NCC#N)Cc2ccc(OCCN)c(c2)-c2cc1ccc2OCCN. The van der Waals surface area contributed by atoms with Gasteiger partial charge in [0, 0.05) is 43.2 Å². The van der Waals surface area contributed by atoms with E-state index in [1.54, 1.807) is 48.5 Å². The summed E-state index contributed by atoms with van der Waals surface area (Å²) in [5, 5.41) is 20.0. The van der Waals surface area contributed by atoms with E-state index in [0.717, 1.165) is 12.0 Å². The van der Waals surface area contributed by atoms with Gasteiger partial charge in [0.25, 0.3) is 5.91 Å². The van der Waals surface area contributed by atoms with Crippen molar-refractivity contribution < 1.29 is 33.4 Å². The lowest BCUT2D eigenvalue weighted by atomic mass is 9.93. The van der Waals surface area contributed by atoms with E-state index in [2.05, 4.69) is 47.2 Å². The second-order valence-corrected chi connectivity index (χ2v) is 16.5. The number of amides is 5. The van der Waals surface area contributed by atoms with Crippen LogP contribution in [0.15, 0.2) is 72.8 Å². The van der Waals surface area contributed by atoms with Gasteiger partial charge in [-0.1, -0.05) is 57.2 Å². The molecule has 17 heteroatoms. The molecule has 1 aromatic heterocycles. The number of aryl methyl sites for hydroxylation is 1. The molecule has 4 bridgehead atoms. The summed E-state index contributed by atoms with van der Waals surface area (Å²) in [6.45, 7) is 8.09. The molecule has 66 heavy (non-hydrogen) atoms. The minimum absolute atomic E-state index is 0.00689. The highest BCUT2D eigenvalue weighted by molar-refractivity contribution is 6.00. The lowest BCUT2D eigenvalue weighted by molar-refractivity contribution is -0.141. The summed E-state index contributed by atoms with van der Waals surface area (Å²) >= 11 is 0. The van der Waals surface area contributed by atoms with Crippen LogP contribution in [-0.4, -0.2) is 104 Å². The maximum absolute atomic E-state index is 14.7. The summed E-state index contributed by atoms with van der Waals surface area (Å²) in [6, 6.07) is 18.8. The Morgan fingerprint density at radius 2 is 1.56 bits per heavy atom. The fourth-order valence-electron chi connectivity index (χ4n) is 7.79. The maximum Gasteiger partial charge on any atom is 0.253 e. The number of carbonyl (C=O) groups is 5. The number of likely N-dealkylation sites (N-methyl/N-ethyl adjacent to an activating group) is 1. The molecule has 0 aliphatic carbocycles. The molecule has 5 amide bonds. The molecule has 0 unspecified atom stereocenters. The van der Waals surface area contributed by atoms with E-state index in [-0.39, 0.29) is 57.8 Å². The van der Waals surface area contributed by atoms with E-state index in [4.69, 9.17) is 31.7 Å². The smallest absolute Gasteiger partial charge is 0.253 e. The van der Waals surface area contributed by atoms with Crippen molar-refractivity contribution >= 4 is 29.5 Å². The predicted octanol–water partition coefficient (Wildman–Crippen LogP) is 2.68. The van der Waals surface area contributed by atoms with Crippen molar-refractivity contribution in [2.45, 2.75) is 77.5 Å². The molecule has 1 aliphatic rings. The average Bonchev–Trinajstić information content (AvgIpc) is 3.31. The Morgan fingerprint density at radius 3 is 2.18 bits per heavy atom. The summed E-state index contributed by atoms with van der Waals surface area (Å²) in [5.74, 6) is -1.92. The third-order valence-electron chi connectivity index (χ3n) is 11.1. The van der Waals surface area contributed by atoms with Gasteiger partial charge in [-0.2, -0.15) is 5.26 Å². The van der Waals surface area contributed by atoms with Gasteiger partial charge in [-0.15, -0.1) is 0 Å². The van der Waals surface area contributed by atoms with E-state index >= 15 is 0 Å². The molecular formula is C49H62N10O7. The number of nitrogens with two attached hydrogens (primary N) is 3. The molecule has 17 nitrogen and oxygen atoms in total. The van der Waals surface area contributed by atoms with Crippen LogP contribution in [0.2, 0.25) is 0 Å². The molecule has 0 spiro atoms. The summed E-state index contributed by atoms with van der Waals surface area (Å²) in [4.78, 5) is 76.5.